The first kappa shape index (κ1) is 23.6. The summed E-state index contributed by atoms with van der Waals surface area (Å²) in [5, 5.41) is 18.6. The summed E-state index contributed by atoms with van der Waals surface area (Å²) in [6, 6.07) is 10.7. The third-order valence-electron chi connectivity index (χ3n) is 5.25. The lowest BCUT2D eigenvalue weighted by Gasteiger charge is -2.20. The van der Waals surface area contributed by atoms with Gasteiger partial charge >= 0.3 is 5.97 Å². The van der Waals surface area contributed by atoms with Gasteiger partial charge in [-0.2, -0.15) is 0 Å². The van der Waals surface area contributed by atoms with Gasteiger partial charge in [0.1, 0.15) is 0 Å². The minimum atomic E-state index is -2.01. The number of carbonyl (C=O) groups is 1. The van der Waals surface area contributed by atoms with Crippen molar-refractivity contribution in [2.24, 2.45) is 0 Å². The van der Waals surface area contributed by atoms with Crippen LogP contribution in [0.2, 0.25) is 0 Å². The van der Waals surface area contributed by atoms with E-state index in [-0.39, 0.29) is 6.42 Å². The number of rotatable bonds is 17. The van der Waals surface area contributed by atoms with Gasteiger partial charge in [-0.25, -0.2) is 4.79 Å². The Morgan fingerprint density at radius 2 is 1.26 bits per heavy atom. The van der Waals surface area contributed by atoms with E-state index in [1.54, 1.807) is 0 Å². The molecule has 0 amide bonds. The summed E-state index contributed by atoms with van der Waals surface area (Å²) in [4.78, 5) is 10.9. The number of aliphatic carboxylic acids is 1. The number of carboxylic acid groups (broad SMARTS) is 1. The van der Waals surface area contributed by atoms with Crippen LogP contribution in [0.25, 0.3) is 0 Å². The molecule has 0 fully saturated rings. The molecule has 0 aliphatic rings. The van der Waals surface area contributed by atoms with E-state index in [9.17, 15) is 9.90 Å². The van der Waals surface area contributed by atoms with Crippen LogP contribution in [0.5, 0.6) is 0 Å². The van der Waals surface area contributed by atoms with E-state index >= 15 is 0 Å². The predicted molar refractivity (Wildman–Crippen MR) is 110 cm³/mol. The maximum Gasteiger partial charge on any atom is 0.364 e. The first-order valence-corrected chi connectivity index (χ1v) is 10.6. The second-order valence-corrected chi connectivity index (χ2v) is 7.52. The SMILES string of the molecule is COC(O)(CCCCCCCCCCCCCCc1ccccc1)C(=O)O. The standard InChI is InChI=1S/C23H38O4/c1-27-23(26,22(24)25)20-16-11-9-7-5-3-2-4-6-8-10-13-17-21-18-14-12-15-19-21/h12,14-15,18-19,26H,2-11,13,16-17,20H2,1H3,(H,24,25). The Balaban J connectivity index is 1.82. The quantitative estimate of drug-likeness (QED) is 0.269. The van der Waals surface area contributed by atoms with Gasteiger partial charge in [0, 0.05) is 13.5 Å². The monoisotopic (exact) mass is 378 g/mol. The lowest BCUT2D eigenvalue weighted by molar-refractivity contribution is -0.216. The molecule has 0 bridgehead atoms. The number of carboxylic acids is 1. The van der Waals surface area contributed by atoms with Crippen molar-refractivity contribution in [1.82, 2.24) is 0 Å². The molecule has 0 aliphatic heterocycles. The summed E-state index contributed by atoms with van der Waals surface area (Å²) in [5.41, 5.74) is 1.45. The van der Waals surface area contributed by atoms with Crippen LogP contribution in [0.3, 0.4) is 0 Å². The number of ether oxygens (including phenoxy) is 1. The number of aliphatic hydroxyl groups is 1. The molecule has 27 heavy (non-hydrogen) atoms. The van der Waals surface area contributed by atoms with Crippen LogP contribution in [0.15, 0.2) is 30.3 Å². The number of hydrogen-bond donors (Lipinski definition) is 2. The molecule has 0 spiro atoms. The highest BCUT2D eigenvalue weighted by molar-refractivity contribution is 5.75. The highest BCUT2D eigenvalue weighted by Crippen LogP contribution is 2.18. The Morgan fingerprint density at radius 1 is 0.815 bits per heavy atom. The van der Waals surface area contributed by atoms with E-state index in [4.69, 9.17) is 5.11 Å². The van der Waals surface area contributed by atoms with Gasteiger partial charge in [0.25, 0.3) is 5.79 Å². The molecule has 4 heteroatoms. The molecule has 0 aliphatic carbocycles. The lowest BCUT2D eigenvalue weighted by Crippen LogP contribution is -2.40. The van der Waals surface area contributed by atoms with Crippen molar-refractivity contribution >= 4 is 5.97 Å². The van der Waals surface area contributed by atoms with Gasteiger partial charge in [0.15, 0.2) is 0 Å². The molecule has 0 aromatic heterocycles. The van der Waals surface area contributed by atoms with Crippen molar-refractivity contribution in [3.05, 3.63) is 35.9 Å². The van der Waals surface area contributed by atoms with E-state index in [1.807, 2.05) is 0 Å². The van der Waals surface area contributed by atoms with Crippen molar-refractivity contribution in [2.45, 2.75) is 95.7 Å². The van der Waals surface area contributed by atoms with Crippen molar-refractivity contribution in [1.29, 1.82) is 0 Å². The molecule has 1 aromatic rings. The molecule has 1 unspecified atom stereocenters. The van der Waals surface area contributed by atoms with E-state index in [0.29, 0.717) is 6.42 Å². The van der Waals surface area contributed by atoms with Crippen molar-refractivity contribution in [2.75, 3.05) is 7.11 Å². The predicted octanol–water partition coefficient (Wildman–Crippen LogP) is 5.72. The maximum absolute atomic E-state index is 10.9. The van der Waals surface area contributed by atoms with Crippen molar-refractivity contribution in [3.8, 4) is 0 Å². The summed E-state index contributed by atoms with van der Waals surface area (Å²) in [5.74, 6) is -3.31. The van der Waals surface area contributed by atoms with Crippen LogP contribution in [-0.2, 0) is 16.0 Å². The molecule has 1 atom stereocenters. The second-order valence-electron chi connectivity index (χ2n) is 7.52. The summed E-state index contributed by atoms with van der Waals surface area (Å²) in [6.07, 6.45) is 15.8. The fourth-order valence-corrected chi connectivity index (χ4v) is 3.40. The van der Waals surface area contributed by atoms with Crippen LogP contribution < -0.4 is 0 Å². The normalized spacial score (nSPS) is 13.4. The second kappa shape index (κ2) is 14.6. The Bertz CT molecular complexity index is 488. The van der Waals surface area contributed by atoms with E-state index in [0.717, 1.165) is 12.8 Å². The number of unbranched alkanes of at least 4 members (excludes halogenated alkanes) is 11. The Hall–Kier alpha value is -1.39. The Morgan fingerprint density at radius 3 is 1.70 bits per heavy atom. The maximum atomic E-state index is 10.9. The summed E-state index contributed by atoms with van der Waals surface area (Å²) in [7, 11) is 1.23. The van der Waals surface area contributed by atoms with E-state index in [1.165, 1.54) is 76.9 Å². The van der Waals surface area contributed by atoms with E-state index in [2.05, 4.69) is 35.1 Å². The number of benzene rings is 1. The van der Waals surface area contributed by atoms with Gasteiger partial charge in [-0.3, -0.25) is 0 Å². The molecule has 0 saturated carbocycles. The largest absolute Gasteiger partial charge is 0.477 e. The first-order valence-electron chi connectivity index (χ1n) is 10.6. The van der Waals surface area contributed by atoms with Crippen LogP contribution in [0, 0.1) is 0 Å². The van der Waals surface area contributed by atoms with Crippen LogP contribution in [0.4, 0.5) is 0 Å². The van der Waals surface area contributed by atoms with Gasteiger partial charge in [0.2, 0.25) is 0 Å². The first-order chi connectivity index (χ1) is 13.1. The average molecular weight is 379 g/mol. The lowest BCUT2D eigenvalue weighted by atomic mass is 10.0. The molecule has 0 saturated heterocycles. The highest BCUT2D eigenvalue weighted by Gasteiger charge is 2.35. The van der Waals surface area contributed by atoms with Gasteiger partial charge in [0.05, 0.1) is 0 Å². The molecule has 1 rings (SSSR count). The molecule has 0 heterocycles. The molecule has 4 nitrogen and oxygen atoms in total. The Kier molecular flexibility index (Phi) is 12.8. The smallest absolute Gasteiger partial charge is 0.364 e. The van der Waals surface area contributed by atoms with Crippen LogP contribution >= 0.6 is 0 Å². The third-order valence-corrected chi connectivity index (χ3v) is 5.25. The van der Waals surface area contributed by atoms with E-state index < -0.39 is 11.8 Å². The molecular weight excluding hydrogens is 340 g/mol. The van der Waals surface area contributed by atoms with Crippen LogP contribution in [0.1, 0.15) is 89.0 Å². The summed E-state index contributed by atoms with van der Waals surface area (Å²) in [6.45, 7) is 0. The molecular formula is C23H38O4. The zero-order valence-corrected chi connectivity index (χ0v) is 17.0. The number of aryl methyl sites for hydroxylation is 1. The Labute approximate surface area is 164 Å². The average Bonchev–Trinajstić information content (AvgIpc) is 2.68. The zero-order chi connectivity index (χ0) is 19.8. The van der Waals surface area contributed by atoms with Crippen molar-refractivity contribution < 1.29 is 19.7 Å². The van der Waals surface area contributed by atoms with Gasteiger partial charge in [-0.15, -0.1) is 0 Å². The highest BCUT2D eigenvalue weighted by atomic mass is 16.6. The van der Waals surface area contributed by atoms with Gasteiger partial charge in [-0.05, 0) is 24.8 Å². The fraction of sp³-hybridized carbons (Fsp3) is 0.696. The van der Waals surface area contributed by atoms with Gasteiger partial charge in [-0.1, -0.05) is 94.5 Å². The fourth-order valence-electron chi connectivity index (χ4n) is 3.40. The number of methoxy groups -OCH3 is 1. The van der Waals surface area contributed by atoms with Gasteiger partial charge < -0.3 is 14.9 Å². The topological polar surface area (TPSA) is 66.8 Å². The van der Waals surface area contributed by atoms with Crippen LogP contribution in [-0.4, -0.2) is 29.1 Å². The minimum absolute atomic E-state index is 0.156. The zero-order valence-electron chi connectivity index (χ0n) is 17.0. The van der Waals surface area contributed by atoms with Crippen molar-refractivity contribution in [3.63, 3.8) is 0 Å². The molecule has 1 aromatic carbocycles. The summed E-state index contributed by atoms with van der Waals surface area (Å²) < 4.78 is 4.68. The molecule has 2 N–H and O–H groups in total. The number of hydrogen-bond acceptors (Lipinski definition) is 3. The summed E-state index contributed by atoms with van der Waals surface area (Å²) >= 11 is 0. The minimum Gasteiger partial charge on any atom is -0.477 e. The molecule has 0 radical (unpaired) electrons. The molecule has 154 valence electrons. The third kappa shape index (κ3) is 11.1.